The molecule has 4 rings (SSSR count). The standard InChI is InChI=1S/C16H20N4O3S2/c1-11-3-2-7-20(11)14-6-8-23-15-9-12(4-5-13(14)15)25(21,22)19-16-17-10-18-24-16/h4-5,9-11,14H,2-3,6-8H2,1H3,(H,17,18,19)/t11-,14+/m1/s1. The molecule has 1 aromatic carbocycles. The fourth-order valence-electron chi connectivity index (χ4n) is 3.67. The first-order valence-electron chi connectivity index (χ1n) is 8.36. The van der Waals surface area contributed by atoms with Gasteiger partial charge >= 0.3 is 0 Å². The summed E-state index contributed by atoms with van der Waals surface area (Å²) in [4.78, 5) is 6.55. The smallest absolute Gasteiger partial charge is 0.263 e. The number of aromatic nitrogens is 2. The second-order valence-electron chi connectivity index (χ2n) is 6.43. The molecule has 1 fully saturated rings. The fourth-order valence-corrected chi connectivity index (χ4v) is 5.35. The third-order valence-corrected chi connectivity index (χ3v) is 6.94. The number of ether oxygens (including phenoxy) is 1. The van der Waals surface area contributed by atoms with Crippen LogP contribution >= 0.6 is 11.5 Å². The van der Waals surface area contributed by atoms with E-state index in [1.54, 1.807) is 12.1 Å². The van der Waals surface area contributed by atoms with Crippen molar-refractivity contribution in [1.29, 1.82) is 0 Å². The Bertz CT molecular complexity index is 854. The van der Waals surface area contributed by atoms with E-state index in [1.165, 1.54) is 19.2 Å². The summed E-state index contributed by atoms with van der Waals surface area (Å²) in [6, 6.07) is 6.00. The normalized spacial score (nSPS) is 23.9. The Labute approximate surface area is 151 Å². The number of benzene rings is 1. The van der Waals surface area contributed by atoms with Crippen LogP contribution in [0.3, 0.4) is 0 Å². The summed E-state index contributed by atoms with van der Waals surface area (Å²) >= 11 is 1.00. The van der Waals surface area contributed by atoms with Gasteiger partial charge in [-0.2, -0.15) is 4.37 Å². The summed E-state index contributed by atoms with van der Waals surface area (Å²) in [6.07, 6.45) is 4.68. The van der Waals surface area contributed by atoms with Crippen molar-refractivity contribution in [3.8, 4) is 5.75 Å². The number of hydrogen-bond acceptors (Lipinski definition) is 7. The quantitative estimate of drug-likeness (QED) is 0.878. The highest BCUT2D eigenvalue weighted by Gasteiger charge is 2.33. The molecule has 0 amide bonds. The van der Waals surface area contributed by atoms with Crippen molar-refractivity contribution in [2.45, 2.75) is 43.2 Å². The molecule has 1 N–H and O–H groups in total. The van der Waals surface area contributed by atoms with E-state index in [1.807, 2.05) is 6.07 Å². The second-order valence-corrected chi connectivity index (χ2v) is 8.90. The van der Waals surface area contributed by atoms with Crippen LogP contribution in [0.4, 0.5) is 5.13 Å². The zero-order chi connectivity index (χ0) is 17.4. The molecule has 2 aromatic rings. The summed E-state index contributed by atoms with van der Waals surface area (Å²) in [6.45, 7) is 3.95. The average molecular weight is 380 g/mol. The number of hydrogen-bond donors (Lipinski definition) is 1. The zero-order valence-electron chi connectivity index (χ0n) is 13.9. The van der Waals surface area contributed by atoms with Gasteiger partial charge in [0.25, 0.3) is 10.0 Å². The van der Waals surface area contributed by atoms with Gasteiger partial charge in [-0.15, -0.1) is 0 Å². The van der Waals surface area contributed by atoms with Crippen LogP contribution in [0.25, 0.3) is 0 Å². The van der Waals surface area contributed by atoms with Crippen LogP contribution in [0.2, 0.25) is 0 Å². The molecule has 2 atom stereocenters. The molecule has 0 saturated carbocycles. The Morgan fingerprint density at radius 3 is 2.96 bits per heavy atom. The molecule has 1 aromatic heterocycles. The van der Waals surface area contributed by atoms with Crippen molar-refractivity contribution in [3.63, 3.8) is 0 Å². The third-order valence-electron chi connectivity index (χ3n) is 4.89. The minimum absolute atomic E-state index is 0.177. The van der Waals surface area contributed by atoms with Crippen molar-refractivity contribution in [1.82, 2.24) is 14.3 Å². The lowest BCUT2D eigenvalue weighted by molar-refractivity contribution is 0.135. The number of anilines is 1. The van der Waals surface area contributed by atoms with Crippen LogP contribution in [0.15, 0.2) is 29.4 Å². The molecule has 9 heteroatoms. The molecule has 25 heavy (non-hydrogen) atoms. The van der Waals surface area contributed by atoms with Gasteiger partial charge in [0.15, 0.2) is 0 Å². The van der Waals surface area contributed by atoms with E-state index in [0.717, 1.165) is 30.1 Å². The van der Waals surface area contributed by atoms with E-state index in [0.29, 0.717) is 24.4 Å². The van der Waals surface area contributed by atoms with Gasteiger partial charge in [0, 0.05) is 41.7 Å². The van der Waals surface area contributed by atoms with Crippen LogP contribution in [0.1, 0.15) is 37.8 Å². The predicted molar refractivity (Wildman–Crippen MR) is 95.4 cm³/mol. The Kier molecular flexibility index (Phi) is 4.38. The molecule has 7 nitrogen and oxygen atoms in total. The van der Waals surface area contributed by atoms with Crippen molar-refractivity contribution in [2.75, 3.05) is 17.9 Å². The number of nitrogens with one attached hydrogen (secondary N) is 1. The molecule has 2 aliphatic rings. The van der Waals surface area contributed by atoms with E-state index in [9.17, 15) is 8.42 Å². The third kappa shape index (κ3) is 3.23. The van der Waals surface area contributed by atoms with E-state index < -0.39 is 10.0 Å². The van der Waals surface area contributed by atoms with Gasteiger partial charge < -0.3 is 4.74 Å². The monoisotopic (exact) mass is 380 g/mol. The van der Waals surface area contributed by atoms with Crippen molar-refractivity contribution in [2.24, 2.45) is 0 Å². The van der Waals surface area contributed by atoms with Gasteiger partial charge in [0.1, 0.15) is 12.1 Å². The van der Waals surface area contributed by atoms with E-state index in [2.05, 4.69) is 25.9 Å². The van der Waals surface area contributed by atoms with Gasteiger partial charge in [-0.25, -0.2) is 13.4 Å². The molecule has 2 aliphatic heterocycles. The van der Waals surface area contributed by atoms with Crippen LogP contribution in [0, 0.1) is 0 Å². The molecule has 0 unspecified atom stereocenters. The lowest BCUT2D eigenvalue weighted by atomic mass is 9.98. The van der Waals surface area contributed by atoms with Crippen LogP contribution in [0.5, 0.6) is 5.75 Å². The number of nitrogens with zero attached hydrogens (tertiary/aromatic N) is 3. The van der Waals surface area contributed by atoms with Gasteiger partial charge in [0.05, 0.1) is 11.5 Å². The first kappa shape index (κ1) is 16.7. The first-order valence-corrected chi connectivity index (χ1v) is 10.6. The SMILES string of the molecule is C[C@@H]1CCCN1[C@H]1CCOc2cc(S(=O)(=O)Nc3ncns3)ccc21. The molecular formula is C16H20N4O3S2. The Balaban J connectivity index is 1.63. The summed E-state index contributed by atoms with van der Waals surface area (Å²) in [5.74, 6) is 0.662. The first-order chi connectivity index (χ1) is 12.0. The molecule has 1 saturated heterocycles. The summed E-state index contributed by atoms with van der Waals surface area (Å²) in [5.41, 5.74) is 1.08. The topological polar surface area (TPSA) is 84.4 Å². The maximum absolute atomic E-state index is 12.5. The van der Waals surface area contributed by atoms with Gasteiger partial charge in [0.2, 0.25) is 5.13 Å². The largest absolute Gasteiger partial charge is 0.493 e. The minimum atomic E-state index is -3.70. The van der Waals surface area contributed by atoms with Gasteiger partial charge in [-0.05, 0) is 32.4 Å². The number of rotatable bonds is 4. The molecule has 0 aliphatic carbocycles. The highest BCUT2D eigenvalue weighted by molar-refractivity contribution is 7.93. The van der Waals surface area contributed by atoms with Crippen LogP contribution in [-0.2, 0) is 10.0 Å². The molecule has 3 heterocycles. The number of fused-ring (bicyclic) bond motifs is 1. The summed E-state index contributed by atoms with van der Waals surface area (Å²) < 4.78 is 37.1. The highest BCUT2D eigenvalue weighted by Crippen LogP contribution is 2.40. The van der Waals surface area contributed by atoms with Crippen molar-refractivity contribution >= 4 is 26.7 Å². The van der Waals surface area contributed by atoms with Crippen LogP contribution < -0.4 is 9.46 Å². The van der Waals surface area contributed by atoms with Gasteiger partial charge in [-0.3, -0.25) is 9.62 Å². The summed E-state index contributed by atoms with van der Waals surface area (Å²) in [5, 5.41) is 0.252. The molecular weight excluding hydrogens is 360 g/mol. The Morgan fingerprint density at radius 2 is 2.24 bits per heavy atom. The lowest BCUT2D eigenvalue weighted by Crippen LogP contribution is -2.34. The molecule has 0 radical (unpaired) electrons. The predicted octanol–water partition coefficient (Wildman–Crippen LogP) is 2.65. The zero-order valence-corrected chi connectivity index (χ0v) is 15.5. The number of sulfonamides is 1. The highest BCUT2D eigenvalue weighted by atomic mass is 32.2. The lowest BCUT2D eigenvalue weighted by Gasteiger charge is -2.35. The molecule has 0 bridgehead atoms. The maximum Gasteiger partial charge on any atom is 0.263 e. The maximum atomic E-state index is 12.5. The Hall–Kier alpha value is -1.71. The second kappa shape index (κ2) is 6.54. The van der Waals surface area contributed by atoms with Crippen LogP contribution in [-0.4, -0.2) is 41.9 Å². The van der Waals surface area contributed by atoms with E-state index in [-0.39, 0.29) is 10.0 Å². The van der Waals surface area contributed by atoms with Crippen molar-refractivity contribution in [3.05, 3.63) is 30.1 Å². The van der Waals surface area contributed by atoms with Gasteiger partial charge in [-0.1, -0.05) is 6.07 Å². The summed E-state index contributed by atoms with van der Waals surface area (Å²) in [7, 11) is -3.70. The van der Waals surface area contributed by atoms with E-state index >= 15 is 0 Å². The number of likely N-dealkylation sites (tertiary alicyclic amines) is 1. The van der Waals surface area contributed by atoms with Crippen molar-refractivity contribution < 1.29 is 13.2 Å². The molecule has 134 valence electrons. The fraction of sp³-hybridized carbons (Fsp3) is 0.500. The Morgan fingerprint density at radius 1 is 1.36 bits per heavy atom. The average Bonchev–Trinajstić information content (AvgIpc) is 3.25. The van der Waals surface area contributed by atoms with E-state index in [4.69, 9.17) is 4.74 Å². The molecule has 0 spiro atoms. The minimum Gasteiger partial charge on any atom is -0.493 e.